The van der Waals surface area contributed by atoms with Gasteiger partial charge in [0.25, 0.3) is 0 Å². The molecule has 0 aromatic carbocycles. The number of rotatable bonds is 3. The van der Waals surface area contributed by atoms with Crippen LogP contribution in [0, 0.1) is 11.3 Å². The lowest BCUT2D eigenvalue weighted by Gasteiger charge is -1.81. The van der Waals surface area contributed by atoms with Crippen LogP contribution in [-0.2, 0) is 9.09 Å². The second kappa shape index (κ2) is 4.69. The standard InChI is InChI=1S/C4H6ClNO2P/c1-2-8-9(7)4(5)3-6/h4H,2H2,1H3/q+1. The summed E-state index contributed by atoms with van der Waals surface area (Å²) in [5.41, 5.74) is 0. The van der Waals surface area contributed by atoms with Gasteiger partial charge in [-0.05, 0) is 23.1 Å². The summed E-state index contributed by atoms with van der Waals surface area (Å²) >= 11 is 5.22. The normalized spacial score (nSPS) is 14.1. The Morgan fingerprint density at radius 2 is 2.56 bits per heavy atom. The lowest BCUT2D eigenvalue weighted by atomic mass is 10.9. The number of alkyl halides is 1. The molecule has 0 aromatic rings. The minimum absolute atomic E-state index is 0.320. The first-order valence-corrected chi connectivity index (χ1v) is 4.03. The van der Waals surface area contributed by atoms with Gasteiger partial charge in [0.2, 0.25) is 0 Å². The predicted molar refractivity (Wildman–Crippen MR) is 34.5 cm³/mol. The summed E-state index contributed by atoms with van der Waals surface area (Å²) in [6.07, 6.45) is 0. The molecule has 50 valence electrons. The van der Waals surface area contributed by atoms with Gasteiger partial charge < -0.3 is 0 Å². The molecule has 0 saturated carbocycles. The van der Waals surface area contributed by atoms with Gasteiger partial charge in [0.15, 0.2) is 0 Å². The second-order valence-electron chi connectivity index (χ2n) is 1.17. The van der Waals surface area contributed by atoms with Crippen LogP contribution in [0.2, 0.25) is 0 Å². The van der Waals surface area contributed by atoms with Crippen molar-refractivity contribution in [2.75, 3.05) is 6.61 Å². The van der Waals surface area contributed by atoms with Gasteiger partial charge in [-0.2, -0.15) is 5.26 Å². The fourth-order valence-corrected chi connectivity index (χ4v) is 0.888. The molecule has 0 amide bonds. The Hall–Kier alpha value is -0.160. The van der Waals surface area contributed by atoms with Crippen LogP contribution in [-0.4, -0.2) is 11.7 Å². The molecule has 2 atom stereocenters. The number of nitriles is 1. The van der Waals surface area contributed by atoms with E-state index in [1.165, 1.54) is 0 Å². The van der Waals surface area contributed by atoms with Crippen molar-refractivity contribution in [2.24, 2.45) is 0 Å². The van der Waals surface area contributed by atoms with E-state index in [9.17, 15) is 4.57 Å². The minimum atomic E-state index is -1.99. The van der Waals surface area contributed by atoms with Gasteiger partial charge in [-0.3, -0.25) is 0 Å². The van der Waals surface area contributed by atoms with Gasteiger partial charge in [0.1, 0.15) is 6.07 Å². The molecule has 0 aliphatic carbocycles. The zero-order valence-electron chi connectivity index (χ0n) is 4.87. The van der Waals surface area contributed by atoms with Crippen LogP contribution < -0.4 is 0 Å². The Balaban J connectivity index is 3.63. The molecule has 0 bridgehead atoms. The second-order valence-corrected chi connectivity index (χ2v) is 3.25. The number of nitrogens with zero attached hydrogens (tertiary/aromatic N) is 1. The van der Waals surface area contributed by atoms with Gasteiger partial charge in [-0.25, -0.2) is 0 Å². The molecule has 0 saturated heterocycles. The van der Waals surface area contributed by atoms with Crippen molar-refractivity contribution in [1.82, 2.24) is 0 Å². The van der Waals surface area contributed by atoms with Crippen molar-refractivity contribution in [3.63, 3.8) is 0 Å². The molecule has 0 aliphatic rings. The minimum Gasteiger partial charge on any atom is -0.192 e. The summed E-state index contributed by atoms with van der Waals surface area (Å²) in [6.45, 7) is 2.01. The maximum Gasteiger partial charge on any atom is 0.543 e. The lowest BCUT2D eigenvalue weighted by molar-refractivity contribution is 0.351. The molecule has 5 heteroatoms. The van der Waals surface area contributed by atoms with Crippen LogP contribution in [0.15, 0.2) is 0 Å². The Labute approximate surface area is 59.4 Å². The van der Waals surface area contributed by atoms with Gasteiger partial charge in [0.05, 0.1) is 6.61 Å². The van der Waals surface area contributed by atoms with Crippen LogP contribution in [0.5, 0.6) is 0 Å². The van der Waals surface area contributed by atoms with E-state index < -0.39 is 13.1 Å². The van der Waals surface area contributed by atoms with E-state index in [-0.39, 0.29) is 0 Å². The smallest absolute Gasteiger partial charge is 0.192 e. The first-order valence-electron chi connectivity index (χ1n) is 2.35. The molecule has 0 radical (unpaired) electrons. The van der Waals surface area contributed by atoms with E-state index in [1.54, 1.807) is 13.0 Å². The van der Waals surface area contributed by atoms with Crippen LogP contribution in [0.4, 0.5) is 0 Å². The van der Waals surface area contributed by atoms with E-state index in [2.05, 4.69) is 4.52 Å². The van der Waals surface area contributed by atoms with Crippen molar-refractivity contribution in [3.8, 4) is 6.07 Å². The third kappa shape index (κ3) is 3.42. The quantitative estimate of drug-likeness (QED) is 0.475. The van der Waals surface area contributed by atoms with Crippen LogP contribution in [0.25, 0.3) is 0 Å². The summed E-state index contributed by atoms with van der Waals surface area (Å²) in [7, 11) is -1.99. The first-order chi connectivity index (χ1) is 4.22. The van der Waals surface area contributed by atoms with Crippen molar-refractivity contribution in [3.05, 3.63) is 0 Å². The van der Waals surface area contributed by atoms with Gasteiger partial charge >= 0.3 is 13.1 Å². The highest BCUT2D eigenvalue weighted by Crippen LogP contribution is 2.31. The van der Waals surface area contributed by atoms with Crippen molar-refractivity contribution in [2.45, 2.75) is 12.0 Å². The zero-order valence-corrected chi connectivity index (χ0v) is 6.52. The molecule has 0 fully saturated rings. The summed E-state index contributed by atoms with van der Waals surface area (Å²) in [5.74, 6) is 0. The summed E-state index contributed by atoms with van der Waals surface area (Å²) in [4.78, 5) is 0. The third-order valence-electron chi connectivity index (χ3n) is 0.548. The van der Waals surface area contributed by atoms with Crippen LogP contribution >= 0.6 is 19.6 Å². The fraction of sp³-hybridized carbons (Fsp3) is 0.750. The number of hydrogen-bond acceptors (Lipinski definition) is 3. The maximum absolute atomic E-state index is 10.5. The van der Waals surface area contributed by atoms with E-state index in [0.29, 0.717) is 6.61 Å². The van der Waals surface area contributed by atoms with Gasteiger partial charge in [-0.1, -0.05) is 0 Å². The predicted octanol–water partition coefficient (Wildman–Crippen LogP) is 1.85. The van der Waals surface area contributed by atoms with Crippen molar-refractivity contribution >= 4 is 19.6 Å². The topological polar surface area (TPSA) is 50.1 Å². The average Bonchev–Trinajstić information content (AvgIpc) is 1.87. The highest BCUT2D eigenvalue weighted by atomic mass is 35.5. The van der Waals surface area contributed by atoms with Crippen LogP contribution in [0.3, 0.4) is 0 Å². The first kappa shape index (κ1) is 8.84. The molecule has 0 N–H and O–H groups in total. The molecule has 0 rings (SSSR count). The molecular weight excluding hydrogens is 160 g/mol. The Morgan fingerprint density at radius 1 is 2.00 bits per heavy atom. The molecule has 9 heavy (non-hydrogen) atoms. The highest BCUT2D eigenvalue weighted by Gasteiger charge is 2.29. The Bertz CT molecular complexity index is 144. The lowest BCUT2D eigenvalue weighted by Crippen LogP contribution is -1.88. The van der Waals surface area contributed by atoms with Crippen LogP contribution in [0.1, 0.15) is 6.92 Å². The third-order valence-corrected chi connectivity index (χ3v) is 2.12. The molecular formula is C4H6ClNO2P+. The SMILES string of the molecule is CCO[P+](=O)C(Cl)C#N. The van der Waals surface area contributed by atoms with E-state index in [0.717, 1.165) is 0 Å². The molecule has 3 nitrogen and oxygen atoms in total. The Kier molecular flexibility index (Phi) is 4.61. The monoisotopic (exact) mass is 166 g/mol. The number of hydrogen-bond donors (Lipinski definition) is 0. The van der Waals surface area contributed by atoms with E-state index >= 15 is 0 Å². The van der Waals surface area contributed by atoms with Crippen molar-refractivity contribution < 1.29 is 9.09 Å². The van der Waals surface area contributed by atoms with Gasteiger partial charge in [0, 0.05) is 0 Å². The summed E-state index contributed by atoms with van der Waals surface area (Å²) in [6, 6.07) is 1.61. The molecule has 0 heterocycles. The summed E-state index contributed by atoms with van der Waals surface area (Å²) in [5, 5.41) is 7.07. The van der Waals surface area contributed by atoms with E-state index in [4.69, 9.17) is 16.9 Å². The molecule has 2 unspecified atom stereocenters. The van der Waals surface area contributed by atoms with E-state index in [1.807, 2.05) is 0 Å². The highest BCUT2D eigenvalue weighted by molar-refractivity contribution is 7.42. The zero-order chi connectivity index (χ0) is 7.28. The molecule has 0 aromatic heterocycles. The Morgan fingerprint density at radius 3 is 2.89 bits per heavy atom. The average molecular weight is 167 g/mol. The number of halogens is 1. The maximum atomic E-state index is 10.5. The fourth-order valence-electron chi connectivity index (χ4n) is 0.240. The largest absolute Gasteiger partial charge is 0.543 e. The van der Waals surface area contributed by atoms with Gasteiger partial charge in [-0.15, -0.1) is 4.52 Å². The molecule has 0 spiro atoms. The summed E-state index contributed by atoms with van der Waals surface area (Å²) < 4.78 is 15.1. The molecule has 0 aliphatic heterocycles. The van der Waals surface area contributed by atoms with Crippen molar-refractivity contribution in [1.29, 1.82) is 5.26 Å².